The van der Waals surface area contributed by atoms with Crippen LogP contribution < -0.4 is 5.32 Å². The van der Waals surface area contributed by atoms with E-state index in [2.05, 4.69) is 41.5 Å². The predicted octanol–water partition coefficient (Wildman–Crippen LogP) is 3.27. The molecule has 0 atom stereocenters. The molecule has 0 bridgehead atoms. The van der Waals surface area contributed by atoms with Crippen LogP contribution >= 0.6 is 11.3 Å². The number of carbonyl (C=O) groups is 1. The Balaban J connectivity index is 1.91. The molecule has 1 heterocycles. The highest BCUT2D eigenvalue weighted by atomic mass is 32.1. The van der Waals surface area contributed by atoms with E-state index in [-0.39, 0.29) is 12.5 Å². The summed E-state index contributed by atoms with van der Waals surface area (Å²) in [5.74, 6) is -0.162. The summed E-state index contributed by atoms with van der Waals surface area (Å²) in [6, 6.07) is 8.60. The molecule has 112 valence electrons. The van der Waals surface area contributed by atoms with Crippen molar-refractivity contribution in [2.24, 2.45) is 0 Å². The Labute approximate surface area is 129 Å². The van der Waals surface area contributed by atoms with Gasteiger partial charge in [0.1, 0.15) is 6.61 Å². The van der Waals surface area contributed by atoms with Crippen LogP contribution in [0.25, 0.3) is 0 Å². The number of benzene rings is 1. The van der Waals surface area contributed by atoms with E-state index >= 15 is 0 Å². The van der Waals surface area contributed by atoms with Crippen molar-refractivity contribution >= 4 is 22.4 Å². The van der Waals surface area contributed by atoms with Gasteiger partial charge in [0.2, 0.25) is 0 Å². The Kier molecular flexibility index (Phi) is 5.90. The summed E-state index contributed by atoms with van der Waals surface area (Å²) in [5.41, 5.74) is 2.59. The molecule has 21 heavy (non-hydrogen) atoms. The number of nitrogens with zero attached hydrogens (tertiary/aromatic N) is 1. The first-order valence-corrected chi connectivity index (χ1v) is 7.93. The number of hydrogen-bond acceptors (Lipinski definition) is 4. The van der Waals surface area contributed by atoms with Crippen molar-refractivity contribution in [1.29, 1.82) is 0 Å². The number of aryl methyl sites for hydroxylation is 1. The van der Waals surface area contributed by atoms with Crippen molar-refractivity contribution in [3.05, 3.63) is 46.5 Å². The van der Waals surface area contributed by atoms with E-state index in [1.807, 2.05) is 13.1 Å². The van der Waals surface area contributed by atoms with Crippen LogP contribution in [0.2, 0.25) is 0 Å². The summed E-state index contributed by atoms with van der Waals surface area (Å²) < 4.78 is 5.06. The molecule has 1 aromatic heterocycles. The Morgan fingerprint density at radius 1 is 1.24 bits per heavy atom. The van der Waals surface area contributed by atoms with E-state index < -0.39 is 0 Å². The van der Waals surface area contributed by atoms with Gasteiger partial charge in [-0.15, -0.1) is 11.3 Å². The molecular formula is C16H20N2O2S. The van der Waals surface area contributed by atoms with Crippen LogP contribution in [0.5, 0.6) is 0 Å². The smallest absolute Gasteiger partial charge is 0.252 e. The second-order valence-electron chi connectivity index (χ2n) is 4.66. The largest absolute Gasteiger partial charge is 0.372 e. The number of nitrogens with one attached hydrogen (secondary N) is 1. The number of thiazole rings is 1. The fraction of sp³-hybridized carbons (Fsp3) is 0.375. The van der Waals surface area contributed by atoms with Crippen molar-refractivity contribution in [2.75, 3.05) is 18.5 Å². The average Bonchev–Trinajstić information content (AvgIpc) is 2.93. The van der Waals surface area contributed by atoms with E-state index in [0.29, 0.717) is 11.7 Å². The molecule has 0 radical (unpaired) electrons. The SMILES string of the molecule is CCOCC(=O)Nc1ncc(Cc2ccc(CC)cc2)s1. The lowest BCUT2D eigenvalue weighted by molar-refractivity contribution is -0.120. The number of ether oxygens (including phenoxy) is 1. The van der Waals surface area contributed by atoms with Gasteiger partial charge in [0.15, 0.2) is 5.13 Å². The molecule has 0 aliphatic rings. The van der Waals surface area contributed by atoms with E-state index in [0.717, 1.165) is 17.7 Å². The fourth-order valence-corrected chi connectivity index (χ4v) is 2.75. The molecule has 1 aromatic carbocycles. The zero-order valence-electron chi connectivity index (χ0n) is 12.4. The maximum atomic E-state index is 11.5. The summed E-state index contributed by atoms with van der Waals surface area (Å²) in [4.78, 5) is 16.9. The second kappa shape index (κ2) is 7.90. The first-order chi connectivity index (χ1) is 10.2. The maximum Gasteiger partial charge on any atom is 0.252 e. The highest BCUT2D eigenvalue weighted by molar-refractivity contribution is 7.15. The third-order valence-corrected chi connectivity index (χ3v) is 3.96. The average molecular weight is 304 g/mol. The lowest BCUT2D eigenvalue weighted by atomic mass is 10.1. The van der Waals surface area contributed by atoms with Crippen LogP contribution in [0.1, 0.15) is 29.9 Å². The molecule has 0 spiro atoms. The minimum atomic E-state index is -0.162. The monoisotopic (exact) mass is 304 g/mol. The van der Waals surface area contributed by atoms with Gasteiger partial charge in [0.25, 0.3) is 5.91 Å². The maximum absolute atomic E-state index is 11.5. The van der Waals surface area contributed by atoms with Crippen molar-refractivity contribution < 1.29 is 9.53 Å². The normalized spacial score (nSPS) is 10.6. The number of amides is 1. The van der Waals surface area contributed by atoms with Crippen LogP contribution in [0.4, 0.5) is 5.13 Å². The molecule has 0 aliphatic heterocycles. The van der Waals surface area contributed by atoms with E-state index in [1.165, 1.54) is 22.5 Å². The first-order valence-electron chi connectivity index (χ1n) is 7.11. The molecule has 0 aliphatic carbocycles. The summed E-state index contributed by atoms with van der Waals surface area (Å²) in [5, 5.41) is 3.37. The van der Waals surface area contributed by atoms with Crippen LogP contribution in [0.15, 0.2) is 30.5 Å². The van der Waals surface area contributed by atoms with Crippen LogP contribution in [0, 0.1) is 0 Å². The minimum Gasteiger partial charge on any atom is -0.372 e. The molecule has 4 nitrogen and oxygen atoms in total. The third-order valence-electron chi connectivity index (χ3n) is 3.05. The quantitative estimate of drug-likeness (QED) is 0.854. The van der Waals surface area contributed by atoms with Gasteiger partial charge < -0.3 is 4.74 Å². The first kappa shape index (κ1) is 15.7. The van der Waals surface area contributed by atoms with E-state index in [1.54, 1.807) is 0 Å². The van der Waals surface area contributed by atoms with Gasteiger partial charge in [0, 0.05) is 24.1 Å². The summed E-state index contributed by atoms with van der Waals surface area (Å²) in [6.07, 6.45) is 3.70. The van der Waals surface area contributed by atoms with Crippen molar-refractivity contribution in [3.8, 4) is 0 Å². The van der Waals surface area contributed by atoms with Crippen molar-refractivity contribution in [3.63, 3.8) is 0 Å². The lowest BCUT2D eigenvalue weighted by Crippen LogP contribution is -2.17. The molecule has 0 fully saturated rings. The van der Waals surface area contributed by atoms with E-state index in [4.69, 9.17) is 4.74 Å². The van der Waals surface area contributed by atoms with Gasteiger partial charge in [-0.1, -0.05) is 31.2 Å². The lowest BCUT2D eigenvalue weighted by Gasteiger charge is -2.01. The zero-order valence-corrected chi connectivity index (χ0v) is 13.2. The third kappa shape index (κ3) is 4.95. The Morgan fingerprint density at radius 3 is 2.62 bits per heavy atom. The van der Waals surface area contributed by atoms with Gasteiger partial charge in [-0.25, -0.2) is 4.98 Å². The number of aromatic nitrogens is 1. The van der Waals surface area contributed by atoms with Crippen molar-refractivity contribution in [2.45, 2.75) is 26.7 Å². The minimum absolute atomic E-state index is 0.0733. The highest BCUT2D eigenvalue weighted by Gasteiger charge is 2.07. The summed E-state index contributed by atoms with van der Waals surface area (Å²) in [6.45, 7) is 4.61. The Hall–Kier alpha value is -1.72. The molecule has 0 saturated heterocycles. The highest BCUT2D eigenvalue weighted by Crippen LogP contribution is 2.21. The molecule has 0 unspecified atom stereocenters. The molecule has 1 N–H and O–H groups in total. The number of anilines is 1. The molecular weight excluding hydrogens is 284 g/mol. The number of hydrogen-bond donors (Lipinski definition) is 1. The van der Waals surface area contributed by atoms with E-state index in [9.17, 15) is 4.79 Å². The van der Waals surface area contributed by atoms with Gasteiger partial charge >= 0.3 is 0 Å². The Morgan fingerprint density at radius 2 is 1.95 bits per heavy atom. The molecule has 2 aromatic rings. The fourth-order valence-electron chi connectivity index (χ4n) is 1.89. The second-order valence-corrected chi connectivity index (χ2v) is 5.78. The summed E-state index contributed by atoms with van der Waals surface area (Å²) >= 11 is 1.50. The van der Waals surface area contributed by atoms with Crippen LogP contribution in [0.3, 0.4) is 0 Å². The Bertz CT molecular complexity index is 578. The van der Waals surface area contributed by atoms with Gasteiger partial charge in [-0.05, 0) is 24.5 Å². The number of carbonyl (C=O) groups excluding carboxylic acids is 1. The van der Waals surface area contributed by atoms with Crippen LogP contribution in [-0.2, 0) is 22.4 Å². The molecule has 5 heteroatoms. The molecule has 0 saturated carbocycles. The standard InChI is InChI=1S/C16H20N2O2S/c1-3-12-5-7-13(8-6-12)9-14-10-17-16(21-14)18-15(19)11-20-4-2/h5-8,10H,3-4,9,11H2,1-2H3,(H,17,18,19). The van der Waals surface area contributed by atoms with Gasteiger partial charge in [-0.2, -0.15) is 0 Å². The molecule has 1 amide bonds. The van der Waals surface area contributed by atoms with Gasteiger partial charge in [0.05, 0.1) is 0 Å². The van der Waals surface area contributed by atoms with Crippen molar-refractivity contribution in [1.82, 2.24) is 4.98 Å². The zero-order chi connectivity index (χ0) is 15.1. The number of rotatable bonds is 7. The van der Waals surface area contributed by atoms with Gasteiger partial charge in [-0.3, -0.25) is 10.1 Å². The topological polar surface area (TPSA) is 51.2 Å². The molecule has 2 rings (SSSR count). The summed E-state index contributed by atoms with van der Waals surface area (Å²) in [7, 11) is 0. The van der Waals surface area contributed by atoms with Crippen LogP contribution in [-0.4, -0.2) is 24.1 Å². The predicted molar refractivity (Wildman–Crippen MR) is 85.9 cm³/mol.